The molecule has 0 unspecified atom stereocenters. The van der Waals surface area contributed by atoms with E-state index in [9.17, 15) is 15.0 Å². The molecule has 5 rings (SSSR count). The third-order valence-electron chi connectivity index (χ3n) is 6.35. The number of thiophene rings is 1. The second kappa shape index (κ2) is 9.01. The molecule has 0 atom stereocenters. The molecule has 2 aromatic carbocycles. The Balaban J connectivity index is 0.00000259. The molecule has 33 heavy (non-hydrogen) atoms. The molecule has 2 heterocycles. The molecule has 0 spiro atoms. The van der Waals surface area contributed by atoms with Crippen LogP contribution in [0.5, 0.6) is 5.75 Å². The summed E-state index contributed by atoms with van der Waals surface area (Å²) in [6.45, 7) is 6.21. The molecule has 2 aromatic heterocycles. The fourth-order valence-corrected chi connectivity index (χ4v) is 5.94. The number of carbonyl (C=O) groups is 1. The van der Waals surface area contributed by atoms with E-state index in [1.807, 2.05) is 39.0 Å². The first-order valence-electron chi connectivity index (χ1n) is 10.7. The number of fused-ring (bicyclic) bond motifs is 2. The number of pyridine rings is 1. The number of aryl methyl sites for hydroxylation is 2. The van der Waals surface area contributed by atoms with Crippen LogP contribution in [-0.4, -0.2) is 28.3 Å². The Labute approximate surface area is 218 Å². The summed E-state index contributed by atoms with van der Waals surface area (Å²) < 4.78 is 7.18. The maximum Gasteiger partial charge on any atom is 1.00 e. The van der Waals surface area contributed by atoms with Crippen LogP contribution in [0.2, 0.25) is 0 Å². The number of nitrogens with zero attached hydrogens (tertiary/aromatic N) is 1. The second-order valence-corrected chi connectivity index (χ2v) is 10.1. The summed E-state index contributed by atoms with van der Waals surface area (Å²) in [7, 11) is 0. The predicted octanol–water partition coefficient (Wildman–Crippen LogP) is 1.64. The molecule has 0 aliphatic heterocycles. The number of aliphatic hydroxyl groups is 1. The van der Waals surface area contributed by atoms with Crippen LogP contribution in [0, 0.1) is 19.8 Å². The number of benzene rings is 2. The van der Waals surface area contributed by atoms with Crippen LogP contribution in [0.1, 0.15) is 41.3 Å². The first-order valence-corrected chi connectivity index (χ1v) is 11.5. The second-order valence-electron chi connectivity index (χ2n) is 9.08. The third-order valence-corrected chi connectivity index (χ3v) is 7.65. The van der Waals surface area contributed by atoms with Gasteiger partial charge in [0.25, 0.3) is 0 Å². The minimum Gasteiger partial charge on any atom is -0.545 e. The van der Waals surface area contributed by atoms with E-state index in [-0.39, 0.29) is 41.0 Å². The van der Waals surface area contributed by atoms with Crippen molar-refractivity contribution >= 4 is 38.3 Å². The van der Waals surface area contributed by atoms with Gasteiger partial charge in [0.05, 0.1) is 39.7 Å². The summed E-state index contributed by atoms with van der Waals surface area (Å²) in [6, 6.07) is 13.4. The molecular weight excluding hydrogens is 445 g/mol. The molecule has 1 aliphatic carbocycles. The molecule has 4 aromatic rings. The number of carboxylic acid groups (broad SMARTS) is 1. The first-order chi connectivity index (χ1) is 15.2. The van der Waals surface area contributed by atoms with E-state index in [1.165, 1.54) is 0 Å². The van der Waals surface area contributed by atoms with Gasteiger partial charge in [-0.2, -0.15) is 0 Å². The van der Waals surface area contributed by atoms with Crippen LogP contribution in [-0.2, 0) is 0 Å². The average Bonchev–Trinajstić information content (AvgIpc) is 3.08. The van der Waals surface area contributed by atoms with Gasteiger partial charge in [-0.1, -0.05) is 24.3 Å². The number of rotatable bonds is 5. The number of hydrogen-bond acceptors (Lipinski definition) is 6. The van der Waals surface area contributed by atoms with Crippen molar-refractivity contribution < 1.29 is 49.3 Å². The molecule has 0 amide bonds. The van der Waals surface area contributed by atoms with Gasteiger partial charge in [0.1, 0.15) is 5.75 Å². The normalized spacial score (nSPS) is 19.8. The predicted molar refractivity (Wildman–Crippen MR) is 125 cm³/mol. The molecule has 5 nitrogen and oxygen atoms in total. The summed E-state index contributed by atoms with van der Waals surface area (Å²) in [5.41, 5.74) is 2.66. The maximum atomic E-state index is 12.2. The molecule has 7 heteroatoms. The number of ether oxygens (including phenoxy) is 1. The van der Waals surface area contributed by atoms with Crippen molar-refractivity contribution in [2.75, 3.05) is 6.61 Å². The van der Waals surface area contributed by atoms with Crippen LogP contribution in [0.3, 0.4) is 0 Å². The smallest absolute Gasteiger partial charge is 0.545 e. The monoisotopic (exact) mass is 469 g/mol. The minimum absolute atomic E-state index is 0. The quantitative estimate of drug-likeness (QED) is 0.450. The molecular formula is C26H24NNaO4S. The molecule has 0 saturated heterocycles. The van der Waals surface area contributed by atoms with E-state index in [1.54, 1.807) is 23.5 Å². The van der Waals surface area contributed by atoms with Crippen molar-refractivity contribution in [3.63, 3.8) is 0 Å². The SMILES string of the molecule is Cc1c(-c2cc(C(=O)[O-])c3c(OCC4CC(C)(O)C4)ccc(C)c3n2)sc2ccccc12.[Na+]. The van der Waals surface area contributed by atoms with Gasteiger partial charge >= 0.3 is 29.6 Å². The van der Waals surface area contributed by atoms with Crippen LogP contribution in [0.4, 0.5) is 0 Å². The fourth-order valence-electron chi connectivity index (χ4n) is 4.77. The molecule has 164 valence electrons. The van der Waals surface area contributed by atoms with Crippen molar-refractivity contribution in [3.05, 3.63) is 59.2 Å². The van der Waals surface area contributed by atoms with Gasteiger partial charge in [0.2, 0.25) is 0 Å². The van der Waals surface area contributed by atoms with E-state index >= 15 is 0 Å². The zero-order chi connectivity index (χ0) is 22.6. The van der Waals surface area contributed by atoms with Crippen molar-refractivity contribution in [3.8, 4) is 16.3 Å². The zero-order valence-electron chi connectivity index (χ0n) is 19.3. The molecule has 0 bridgehead atoms. The zero-order valence-corrected chi connectivity index (χ0v) is 22.1. The molecule has 0 radical (unpaired) electrons. The van der Waals surface area contributed by atoms with Crippen LogP contribution in [0.25, 0.3) is 31.6 Å². The summed E-state index contributed by atoms with van der Waals surface area (Å²) in [6.07, 6.45) is 1.36. The van der Waals surface area contributed by atoms with E-state index in [2.05, 4.69) is 12.1 Å². The maximum absolute atomic E-state index is 12.2. The topological polar surface area (TPSA) is 82.5 Å². The summed E-state index contributed by atoms with van der Waals surface area (Å²) in [4.78, 5) is 18.0. The van der Waals surface area contributed by atoms with Crippen molar-refractivity contribution in [1.82, 2.24) is 4.98 Å². The van der Waals surface area contributed by atoms with E-state index in [4.69, 9.17) is 9.72 Å². The van der Waals surface area contributed by atoms with Crippen molar-refractivity contribution in [2.24, 2.45) is 5.92 Å². The molecule has 1 aliphatic rings. The number of carbonyl (C=O) groups excluding carboxylic acids is 1. The summed E-state index contributed by atoms with van der Waals surface area (Å²) >= 11 is 1.61. The van der Waals surface area contributed by atoms with Gasteiger partial charge in [-0.15, -0.1) is 11.3 Å². The Morgan fingerprint density at radius 1 is 1.24 bits per heavy atom. The summed E-state index contributed by atoms with van der Waals surface area (Å²) in [5, 5.41) is 23.8. The Hall–Kier alpha value is -1.96. The molecule has 1 N–H and O–H groups in total. The Kier molecular flexibility index (Phi) is 6.60. The summed E-state index contributed by atoms with van der Waals surface area (Å²) in [5.74, 6) is -0.510. The number of aromatic carboxylic acids is 1. The van der Waals surface area contributed by atoms with Gasteiger partial charge in [0.15, 0.2) is 0 Å². The van der Waals surface area contributed by atoms with E-state index in [0.29, 0.717) is 41.8 Å². The Morgan fingerprint density at radius 3 is 2.64 bits per heavy atom. The largest absolute Gasteiger partial charge is 1.00 e. The standard InChI is InChI=1S/C26H25NO4S.Na/c1-14-8-9-20(31-13-16-11-26(3,30)12-16)22-18(25(28)29)10-19(27-23(14)22)24-15(2)17-6-4-5-7-21(17)32-24;/h4-10,16,30H,11-13H2,1-3H3,(H,28,29);/q;+1/p-1. The van der Waals surface area contributed by atoms with Crippen LogP contribution >= 0.6 is 11.3 Å². The Bertz CT molecular complexity index is 1370. The number of aromatic nitrogens is 1. The van der Waals surface area contributed by atoms with Gasteiger partial charge in [-0.3, -0.25) is 0 Å². The minimum atomic E-state index is -1.25. The van der Waals surface area contributed by atoms with Crippen molar-refractivity contribution in [2.45, 2.75) is 39.2 Å². The van der Waals surface area contributed by atoms with E-state index in [0.717, 1.165) is 26.1 Å². The number of hydrogen-bond donors (Lipinski definition) is 1. The Morgan fingerprint density at radius 2 is 1.97 bits per heavy atom. The van der Waals surface area contributed by atoms with Crippen LogP contribution < -0.4 is 39.4 Å². The average molecular weight is 470 g/mol. The van der Waals surface area contributed by atoms with Gasteiger partial charge in [-0.25, -0.2) is 4.98 Å². The molecule has 1 fully saturated rings. The number of carboxylic acids is 1. The van der Waals surface area contributed by atoms with Crippen molar-refractivity contribution in [1.29, 1.82) is 0 Å². The van der Waals surface area contributed by atoms with Gasteiger partial charge in [-0.05, 0) is 74.2 Å². The first kappa shape index (κ1) is 24.2. The fraction of sp³-hybridized carbons (Fsp3) is 0.308. The van der Waals surface area contributed by atoms with E-state index < -0.39 is 11.6 Å². The molecule has 1 saturated carbocycles. The van der Waals surface area contributed by atoms with Crippen LogP contribution in [0.15, 0.2) is 42.5 Å². The third kappa shape index (κ3) is 4.43. The van der Waals surface area contributed by atoms with Gasteiger partial charge < -0.3 is 19.7 Å². The van der Waals surface area contributed by atoms with Gasteiger partial charge in [0, 0.05) is 10.3 Å².